The van der Waals surface area contributed by atoms with Crippen molar-refractivity contribution in [1.29, 1.82) is 0 Å². The third kappa shape index (κ3) is 10.0. The molecule has 0 saturated carbocycles. The molecule has 4 amide bonds. The third-order valence-corrected chi connectivity index (χ3v) is 7.85. The van der Waals surface area contributed by atoms with E-state index in [1.165, 1.54) is 24.1 Å². The van der Waals surface area contributed by atoms with Gasteiger partial charge in [0, 0.05) is 33.0 Å². The quantitative estimate of drug-likeness (QED) is 0.338. The lowest BCUT2D eigenvalue weighted by atomic mass is 9.84. The van der Waals surface area contributed by atoms with Crippen molar-refractivity contribution >= 4 is 23.6 Å². The van der Waals surface area contributed by atoms with Crippen molar-refractivity contribution in [3.05, 3.63) is 65.0 Å². The zero-order valence-corrected chi connectivity index (χ0v) is 26.1. The van der Waals surface area contributed by atoms with Crippen LogP contribution < -0.4 is 21.7 Å². The number of aromatic hydroxyl groups is 1. The molecular formula is C33H46FN5O5. The van der Waals surface area contributed by atoms with E-state index in [4.69, 9.17) is 5.73 Å². The Morgan fingerprint density at radius 3 is 2.34 bits per heavy atom. The number of halogens is 1. The first-order valence-electron chi connectivity index (χ1n) is 15.2. The second kappa shape index (κ2) is 15.7. The molecule has 1 fully saturated rings. The molecule has 0 spiro atoms. The van der Waals surface area contributed by atoms with Gasteiger partial charge in [0.15, 0.2) is 0 Å². The Balaban J connectivity index is 1.86. The van der Waals surface area contributed by atoms with Gasteiger partial charge < -0.3 is 31.7 Å². The van der Waals surface area contributed by atoms with E-state index >= 15 is 0 Å². The summed E-state index contributed by atoms with van der Waals surface area (Å²) in [5.74, 6) is -1.74. The molecule has 1 aliphatic heterocycles. The average molecular weight is 612 g/mol. The number of benzene rings is 2. The number of phenolic OH excluding ortho intramolecular Hbond substituents is 1. The molecule has 1 saturated heterocycles. The molecule has 0 radical (unpaired) electrons. The predicted molar refractivity (Wildman–Crippen MR) is 166 cm³/mol. The highest BCUT2D eigenvalue weighted by Crippen LogP contribution is 2.31. The van der Waals surface area contributed by atoms with E-state index in [2.05, 4.69) is 16.0 Å². The normalized spacial score (nSPS) is 19.9. The zero-order valence-electron chi connectivity index (χ0n) is 26.1. The molecule has 3 rings (SSSR count). The fourth-order valence-corrected chi connectivity index (χ4v) is 5.26. The van der Waals surface area contributed by atoms with E-state index < -0.39 is 41.7 Å². The summed E-state index contributed by atoms with van der Waals surface area (Å²) in [7, 11) is 1.51. The Morgan fingerprint density at radius 2 is 1.66 bits per heavy atom. The van der Waals surface area contributed by atoms with Gasteiger partial charge in [0.1, 0.15) is 23.7 Å². The topological polar surface area (TPSA) is 154 Å². The van der Waals surface area contributed by atoms with Gasteiger partial charge in [-0.25, -0.2) is 4.39 Å². The van der Waals surface area contributed by atoms with Crippen LogP contribution in [0.1, 0.15) is 69.6 Å². The van der Waals surface area contributed by atoms with Gasteiger partial charge in [-0.2, -0.15) is 0 Å². The Labute approximate surface area is 259 Å². The summed E-state index contributed by atoms with van der Waals surface area (Å²) in [6, 6.07) is 7.97. The highest BCUT2D eigenvalue weighted by Gasteiger charge is 2.32. The number of hydrogen-bond acceptors (Lipinski definition) is 6. The summed E-state index contributed by atoms with van der Waals surface area (Å²) in [6.45, 7) is 6.60. The second-order valence-electron chi connectivity index (χ2n) is 12.5. The molecule has 10 nitrogen and oxygen atoms in total. The number of nitrogens with one attached hydrogen (secondary N) is 3. The highest BCUT2D eigenvalue weighted by molar-refractivity contribution is 5.93. The number of rotatable bonds is 6. The summed E-state index contributed by atoms with van der Waals surface area (Å²) in [5, 5.41) is 19.0. The molecular weight excluding hydrogens is 565 g/mol. The summed E-state index contributed by atoms with van der Waals surface area (Å²) in [6.07, 6.45) is 2.43. The molecule has 11 heteroatoms. The van der Waals surface area contributed by atoms with Crippen molar-refractivity contribution < 1.29 is 28.7 Å². The van der Waals surface area contributed by atoms with Crippen LogP contribution in [-0.2, 0) is 37.4 Å². The van der Waals surface area contributed by atoms with Gasteiger partial charge in [0.05, 0.1) is 6.04 Å². The maximum absolute atomic E-state index is 13.8. The number of amides is 4. The van der Waals surface area contributed by atoms with Crippen molar-refractivity contribution in [2.45, 2.75) is 89.3 Å². The number of hydrogen-bond donors (Lipinski definition) is 5. The molecule has 44 heavy (non-hydrogen) atoms. The van der Waals surface area contributed by atoms with E-state index in [0.29, 0.717) is 36.9 Å². The minimum Gasteiger partial charge on any atom is -0.508 e. The molecule has 1 heterocycles. The summed E-state index contributed by atoms with van der Waals surface area (Å²) >= 11 is 0. The molecule has 0 aromatic heterocycles. The summed E-state index contributed by atoms with van der Waals surface area (Å²) in [4.78, 5) is 54.1. The van der Waals surface area contributed by atoms with Crippen molar-refractivity contribution in [3.63, 3.8) is 0 Å². The standard InChI is InChI=1S/C33H46FN5O5/c1-33(2,3)24-18-22(12-15-28(24)40)20-26-30(42)37-17-7-9-29(41)36-16-6-5-8-27(31(43)38-26)39(4)32(44)25(35)19-21-10-13-23(34)14-11-21/h10-15,18,25-27,40H,5-9,16-17,19-20,35H2,1-4H3,(H,36,41)(H,37,42)(H,38,43). The molecule has 0 bridgehead atoms. The maximum atomic E-state index is 13.8. The fraction of sp³-hybridized carbons (Fsp3) is 0.515. The van der Waals surface area contributed by atoms with Gasteiger partial charge in [0.25, 0.3) is 0 Å². The van der Waals surface area contributed by atoms with Gasteiger partial charge in [-0.1, -0.05) is 45.0 Å². The Bertz CT molecular complexity index is 1310. The average Bonchev–Trinajstić information content (AvgIpc) is 2.97. The lowest BCUT2D eigenvalue weighted by molar-refractivity contribution is -0.141. The van der Waals surface area contributed by atoms with E-state index in [0.717, 1.165) is 5.56 Å². The lowest BCUT2D eigenvalue weighted by Gasteiger charge is -2.31. The van der Waals surface area contributed by atoms with Crippen molar-refractivity contribution in [2.24, 2.45) is 5.73 Å². The molecule has 0 aliphatic carbocycles. The number of phenols is 1. The first-order chi connectivity index (χ1) is 20.8. The van der Waals surface area contributed by atoms with Crippen molar-refractivity contribution in [2.75, 3.05) is 20.1 Å². The van der Waals surface area contributed by atoms with Gasteiger partial charge in [0.2, 0.25) is 23.6 Å². The first-order valence-corrected chi connectivity index (χ1v) is 15.2. The zero-order chi connectivity index (χ0) is 32.4. The van der Waals surface area contributed by atoms with E-state index in [1.807, 2.05) is 26.8 Å². The fourth-order valence-electron chi connectivity index (χ4n) is 5.26. The molecule has 1 aliphatic rings. The Kier molecular flexibility index (Phi) is 12.3. The molecule has 240 valence electrons. The number of nitrogens with zero attached hydrogens (tertiary/aromatic N) is 1. The molecule has 2 aromatic rings. The third-order valence-electron chi connectivity index (χ3n) is 7.85. The summed E-state index contributed by atoms with van der Waals surface area (Å²) < 4.78 is 13.3. The number of carbonyl (C=O) groups is 4. The molecule has 2 aromatic carbocycles. The second-order valence-corrected chi connectivity index (χ2v) is 12.5. The minimum atomic E-state index is -0.974. The smallest absolute Gasteiger partial charge is 0.243 e. The van der Waals surface area contributed by atoms with Gasteiger partial charge in [-0.05, 0) is 72.4 Å². The van der Waals surface area contributed by atoms with Crippen LogP contribution in [0.5, 0.6) is 5.75 Å². The van der Waals surface area contributed by atoms with E-state index in [9.17, 15) is 28.7 Å². The first kappa shape index (κ1) is 34.5. The van der Waals surface area contributed by atoms with Crippen LogP contribution in [0.15, 0.2) is 42.5 Å². The van der Waals surface area contributed by atoms with Crippen LogP contribution in [0, 0.1) is 5.82 Å². The van der Waals surface area contributed by atoms with Crippen LogP contribution in [0.2, 0.25) is 0 Å². The van der Waals surface area contributed by atoms with Gasteiger partial charge in [-0.3, -0.25) is 19.2 Å². The van der Waals surface area contributed by atoms with Crippen LogP contribution in [-0.4, -0.2) is 71.9 Å². The van der Waals surface area contributed by atoms with Crippen LogP contribution in [0.4, 0.5) is 4.39 Å². The van der Waals surface area contributed by atoms with Crippen molar-refractivity contribution in [1.82, 2.24) is 20.9 Å². The maximum Gasteiger partial charge on any atom is 0.243 e. The molecule has 3 unspecified atom stereocenters. The lowest BCUT2D eigenvalue weighted by Crippen LogP contribution is -2.57. The Morgan fingerprint density at radius 1 is 1.00 bits per heavy atom. The Hall–Kier alpha value is -3.99. The van der Waals surface area contributed by atoms with Crippen LogP contribution in [0.3, 0.4) is 0 Å². The van der Waals surface area contributed by atoms with Crippen molar-refractivity contribution in [3.8, 4) is 5.75 Å². The largest absolute Gasteiger partial charge is 0.508 e. The van der Waals surface area contributed by atoms with E-state index in [1.54, 1.807) is 24.3 Å². The van der Waals surface area contributed by atoms with Crippen LogP contribution >= 0.6 is 0 Å². The number of carbonyl (C=O) groups excluding carboxylic acids is 4. The monoisotopic (exact) mass is 611 g/mol. The van der Waals surface area contributed by atoms with E-state index in [-0.39, 0.29) is 49.3 Å². The molecule has 3 atom stereocenters. The van der Waals surface area contributed by atoms with Gasteiger partial charge in [-0.15, -0.1) is 0 Å². The predicted octanol–water partition coefficient (Wildman–Crippen LogP) is 2.45. The number of likely N-dealkylation sites (N-methyl/N-ethyl adjacent to an activating group) is 1. The number of nitrogens with two attached hydrogens (primary N) is 1. The minimum absolute atomic E-state index is 0.116. The summed E-state index contributed by atoms with van der Waals surface area (Å²) in [5.41, 5.74) is 8.03. The SMILES string of the molecule is CN(C(=O)C(N)Cc1ccc(F)cc1)C1CCCCNC(=O)CCCNC(=O)C(Cc2ccc(O)c(C(C)(C)C)c2)NC1=O. The molecule has 6 N–H and O–H groups in total. The van der Waals surface area contributed by atoms with Crippen LogP contribution in [0.25, 0.3) is 0 Å². The highest BCUT2D eigenvalue weighted by atomic mass is 19.1. The van der Waals surface area contributed by atoms with Gasteiger partial charge >= 0.3 is 0 Å².